The number of aliphatic hydroxyl groups excluding tert-OH is 2. The molecule has 0 saturated heterocycles. The van der Waals surface area contributed by atoms with Gasteiger partial charge in [0.1, 0.15) is 0 Å². The predicted molar refractivity (Wildman–Crippen MR) is 264 cm³/mol. The standard InChI is InChI=1S/C55H107NO5/c1-3-5-7-9-11-13-15-17-18-19-20-21-22-23-24-25-26-27-28-31-35-39-43-47-53(58)52(51-57)56-54(59)48-44-40-36-32-30-34-38-42-46-50-61-55(60)49-45-41-37-33-29-16-14-12-10-8-6-4-2/h12,14,52-53,57-58H,3-11,13,15-51H2,1-2H3,(H,56,59)/b14-12-. The maximum Gasteiger partial charge on any atom is 0.305 e. The number of aliphatic hydroxyl groups is 2. The van der Waals surface area contributed by atoms with Gasteiger partial charge in [0.25, 0.3) is 0 Å². The Morgan fingerprint density at radius 1 is 0.443 bits per heavy atom. The molecule has 0 radical (unpaired) electrons. The van der Waals surface area contributed by atoms with E-state index in [0.29, 0.717) is 25.9 Å². The Balaban J connectivity index is 3.47. The molecule has 0 fully saturated rings. The van der Waals surface area contributed by atoms with Gasteiger partial charge in [0.2, 0.25) is 5.91 Å². The third kappa shape index (κ3) is 47.9. The molecule has 61 heavy (non-hydrogen) atoms. The van der Waals surface area contributed by atoms with E-state index in [2.05, 4.69) is 31.3 Å². The molecular weight excluding hydrogens is 755 g/mol. The number of carbonyl (C=O) groups excluding carboxylic acids is 2. The van der Waals surface area contributed by atoms with Gasteiger partial charge in [-0.05, 0) is 51.4 Å². The second-order valence-corrected chi connectivity index (χ2v) is 18.9. The van der Waals surface area contributed by atoms with Crippen molar-refractivity contribution in [3.63, 3.8) is 0 Å². The summed E-state index contributed by atoms with van der Waals surface area (Å²) >= 11 is 0. The zero-order valence-electron chi connectivity index (χ0n) is 41.2. The number of rotatable bonds is 51. The summed E-state index contributed by atoms with van der Waals surface area (Å²) < 4.78 is 5.44. The Hall–Kier alpha value is -1.40. The van der Waals surface area contributed by atoms with Crippen LogP contribution in [0.2, 0.25) is 0 Å². The van der Waals surface area contributed by atoms with Crippen molar-refractivity contribution in [1.29, 1.82) is 0 Å². The summed E-state index contributed by atoms with van der Waals surface area (Å²) in [4.78, 5) is 24.5. The van der Waals surface area contributed by atoms with Crippen molar-refractivity contribution >= 4 is 11.9 Å². The van der Waals surface area contributed by atoms with Gasteiger partial charge in [-0.25, -0.2) is 0 Å². The molecule has 2 atom stereocenters. The summed E-state index contributed by atoms with van der Waals surface area (Å²) in [5.41, 5.74) is 0. The number of hydrogen-bond donors (Lipinski definition) is 3. The number of amides is 1. The van der Waals surface area contributed by atoms with Gasteiger partial charge in [-0.1, -0.05) is 251 Å². The summed E-state index contributed by atoms with van der Waals surface area (Å²) in [5.74, 6) is -0.0941. The summed E-state index contributed by atoms with van der Waals surface area (Å²) in [6.07, 6.45) is 59.1. The number of allylic oxidation sites excluding steroid dienone is 2. The maximum atomic E-state index is 12.5. The minimum atomic E-state index is -0.682. The van der Waals surface area contributed by atoms with Gasteiger partial charge < -0.3 is 20.3 Å². The minimum absolute atomic E-state index is 0.0340. The first-order chi connectivity index (χ1) is 30.0. The van der Waals surface area contributed by atoms with E-state index in [4.69, 9.17) is 4.74 Å². The fourth-order valence-corrected chi connectivity index (χ4v) is 8.58. The van der Waals surface area contributed by atoms with Crippen LogP contribution in [-0.2, 0) is 14.3 Å². The number of carbonyl (C=O) groups is 2. The number of unbranched alkanes of at least 4 members (excludes halogenated alkanes) is 38. The summed E-state index contributed by atoms with van der Waals surface area (Å²) in [5, 5.41) is 23.3. The summed E-state index contributed by atoms with van der Waals surface area (Å²) in [7, 11) is 0. The topological polar surface area (TPSA) is 95.9 Å². The van der Waals surface area contributed by atoms with Crippen LogP contribution in [0.3, 0.4) is 0 Å². The van der Waals surface area contributed by atoms with Gasteiger partial charge in [0.05, 0.1) is 25.4 Å². The van der Waals surface area contributed by atoms with E-state index in [0.717, 1.165) is 57.8 Å². The molecule has 0 aromatic carbocycles. The maximum absolute atomic E-state index is 12.5. The lowest BCUT2D eigenvalue weighted by atomic mass is 10.0. The fourth-order valence-electron chi connectivity index (χ4n) is 8.58. The van der Waals surface area contributed by atoms with Crippen molar-refractivity contribution in [3.05, 3.63) is 12.2 Å². The first-order valence-corrected chi connectivity index (χ1v) is 27.4. The van der Waals surface area contributed by atoms with Crippen molar-refractivity contribution < 1.29 is 24.5 Å². The second kappa shape index (κ2) is 51.2. The van der Waals surface area contributed by atoms with Crippen LogP contribution in [0.15, 0.2) is 12.2 Å². The number of esters is 1. The highest BCUT2D eigenvalue weighted by molar-refractivity contribution is 5.76. The van der Waals surface area contributed by atoms with E-state index in [1.807, 2.05) is 0 Å². The third-order valence-corrected chi connectivity index (χ3v) is 12.8. The monoisotopic (exact) mass is 862 g/mol. The lowest BCUT2D eigenvalue weighted by molar-refractivity contribution is -0.143. The first kappa shape index (κ1) is 59.6. The molecule has 0 aliphatic carbocycles. The van der Waals surface area contributed by atoms with Gasteiger partial charge in [-0.3, -0.25) is 9.59 Å². The van der Waals surface area contributed by atoms with Crippen LogP contribution in [0.5, 0.6) is 0 Å². The molecule has 0 saturated carbocycles. The van der Waals surface area contributed by atoms with Gasteiger partial charge in [-0.2, -0.15) is 0 Å². The Morgan fingerprint density at radius 2 is 0.770 bits per heavy atom. The van der Waals surface area contributed by atoms with Crippen molar-refractivity contribution in [2.75, 3.05) is 13.2 Å². The number of ether oxygens (including phenoxy) is 1. The lowest BCUT2D eigenvalue weighted by Gasteiger charge is -2.22. The van der Waals surface area contributed by atoms with Gasteiger partial charge in [-0.15, -0.1) is 0 Å². The summed E-state index contributed by atoms with van der Waals surface area (Å²) in [6, 6.07) is -0.562. The molecule has 1 amide bonds. The van der Waals surface area contributed by atoms with Gasteiger partial charge in [0.15, 0.2) is 0 Å². The van der Waals surface area contributed by atoms with E-state index >= 15 is 0 Å². The SMILES string of the molecule is CCCCC/C=C\CCCCCCCC(=O)OCCCCCCCCCCCC(=O)NC(CO)C(O)CCCCCCCCCCCCCCCCCCCCCCCCC. The van der Waals surface area contributed by atoms with Crippen LogP contribution < -0.4 is 5.32 Å². The fraction of sp³-hybridized carbons (Fsp3) is 0.927. The molecule has 0 spiro atoms. The Labute approximate surface area is 380 Å². The first-order valence-electron chi connectivity index (χ1n) is 27.4. The Bertz CT molecular complexity index is 909. The molecule has 6 heteroatoms. The predicted octanol–water partition coefficient (Wildman–Crippen LogP) is 16.5. The van der Waals surface area contributed by atoms with Gasteiger partial charge >= 0.3 is 5.97 Å². The average molecular weight is 862 g/mol. The van der Waals surface area contributed by atoms with Crippen LogP contribution in [0.1, 0.15) is 303 Å². The third-order valence-electron chi connectivity index (χ3n) is 12.8. The van der Waals surface area contributed by atoms with Crippen molar-refractivity contribution in [2.45, 2.75) is 315 Å². The molecule has 0 aromatic heterocycles. The molecule has 6 nitrogen and oxygen atoms in total. The molecule has 0 aromatic rings. The quantitative estimate of drug-likeness (QED) is 0.0322. The van der Waals surface area contributed by atoms with Crippen LogP contribution >= 0.6 is 0 Å². The smallest absolute Gasteiger partial charge is 0.305 e. The van der Waals surface area contributed by atoms with Crippen LogP contribution in [-0.4, -0.2) is 47.4 Å². The Kier molecular flexibility index (Phi) is 50.1. The zero-order valence-corrected chi connectivity index (χ0v) is 41.2. The average Bonchev–Trinajstić information content (AvgIpc) is 3.26. The normalized spacial score (nSPS) is 12.7. The molecule has 2 unspecified atom stereocenters. The molecule has 0 rings (SSSR count). The molecule has 0 heterocycles. The molecule has 0 bridgehead atoms. The van der Waals surface area contributed by atoms with E-state index in [1.165, 1.54) is 212 Å². The van der Waals surface area contributed by atoms with Crippen LogP contribution in [0.4, 0.5) is 0 Å². The highest BCUT2D eigenvalue weighted by Crippen LogP contribution is 2.17. The van der Waals surface area contributed by atoms with E-state index < -0.39 is 12.1 Å². The largest absolute Gasteiger partial charge is 0.466 e. The zero-order chi connectivity index (χ0) is 44.4. The summed E-state index contributed by atoms with van der Waals surface area (Å²) in [6.45, 7) is 4.88. The number of nitrogens with one attached hydrogen (secondary N) is 1. The van der Waals surface area contributed by atoms with E-state index in [9.17, 15) is 19.8 Å². The van der Waals surface area contributed by atoms with Gasteiger partial charge in [0, 0.05) is 12.8 Å². The highest BCUT2D eigenvalue weighted by atomic mass is 16.5. The van der Waals surface area contributed by atoms with Crippen molar-refractivity contribution in [2.24, 2.45) is 0 Å². The molecule has 0 aliphatic heterocycles. The van der Waals surface area contributed by atoms with E-state index in [1.54, 1.807) is 0 Å². The Morgan fingerprint density at radius 3 is 1.20 bits per heavy atom. The highest BCUT2D eigenvalue weighted by Gasteiger charge is 2.20. The molecular formula is C55H107NO5. The van der Waals surface area contributed by atoms with Crippen molar-refractivity contribution in [1.82, 2.24) is 5.32 Å². The second-order valence-electron chi connectivity index (χ2n) is 18.9. The van der Waals surface area contributed by atoms with Crippen molar-refractivity contribution in [3.8, 4) is 0 Å². The molecule has 362 valence electrons. The van der Waals surface area contributed by atoms with Crippen LogP contribution in [0.25, 0.3) is 0 Å². The van der Waals surface area contributed by atoms with Crippen LogP contribution in [0, 0.1) is 0 Å². The molecule has 3 N–H and O–H groups in total. The minimum Gasteiger partial charge on any atom is -0.466 e. The number of hydrogen-bond acceptors (Lipinski definition) is 5. The lowest BCUT2D eigenvalue weighted by Crippen LogP contribution is -2.45. The van der Waals surface area contributed by atoms with E-state index in [-0.39, 0.29) is 18.5 Å². The molecule has 0 aliphatic rings.